The third kappa shape index (κ3) is 3.41. The van der Waals surface area contributed by atoms with Crippen molar-refractivity contribution in [2.45, 2.75) is 31.6 Å². The summed E-state index contributed by atoms with van der Waals surface area (Å²) < 4.78 is 5.53. The summed E-state index contributed by atoms with van der Waals surface area (Å²) in [6.45, 7) is 1.72. The van der Waals surface area contributed by atoms with Gasteiger partial charge in [-0.1, -0.05) is 30.3 Å². The highest BCUT2D eigenvalue weighted by Gasteiger charge is 2.31. The normalized spacial score (nSPS) is 15.2. The summed E-state index contributed by atoms with van der Waals surface area (Å²) in [5.41, 5.74) is 1.18. The molecule has 6 nitrogen and oxygen atoms in total. The highest BCUT2D eigenvalue weighted by Crippen LogP contribution is 2.40. The third-order valence-corrected chi connectivity index (χ3v) is 3.91. The summed E-state index contributed by atoms with van der Waals surface area (Å²) in [7, 11) is 0. The van der Waals surface area contributed by atoms with E-state index in [2.05, 4.69) is 10.3 Å². The first-order valence-electron chi connectivity index (χ1n) is 7.59. The second-order valence-corrected chi connectivity index (χ2v) is 5.75. The van der Waals surface area contributed by atoms with E-state index in [9.17, 15) is 14.7 Å². The maximum Gasteiger partial charge on any atom is 0.312 e. The summed E-state index contributed by atoms with van der Waals surface area (Å²) in [4.78, 5) is 27.9. The SMILES string of the molecule is Cc1nc(C2CC2)oc1C(=O)NCC(C(=O)O)c1ccccc1. The molecule has 1 fully saturated rings. The quantitative estimate of drug-likeness (QED) is 0.854. The first-order valence-corrected chi connectivity index (χ1v) is 7.59. The lowest BCUT2D eigenvalue weighted by atomic mass is 9.99. The largest absolute Gasteiger partial charge is 0.481 e. The van der Waals surface area contributed by atoms with E-state index in [-0.39, 0.29) is 12.3 Å². The Morgan fingerprint density at radius 1 is 1.35 bits per heavy atom. The van der Waals surface area contributed by atoms with Crippen LogP contribution in [0.25, 0.3) is 0 Å². The molecule has 1 atom stereocenters. The first-order chi connectivity index (χ1) is 11.1. The van der Waals surface area contributed by atoms with Crippen LogP contribution in [0.15, 0.2) is 34.7 Å². The lowest BCUT2D eigenvalue weighted by molar-refractivity contribution is -0.138. The molecular weight excluding hydrogens is 296 g/mol. The minimum Gasteiger partial charge on any atom is -0.481 e. The predicted molar refractivity (Wildman–Crippen MR) is 82.4 cm³/mol. The number of aryl methyl sites for hydroxylation is 1. The molecule has 1 aliphatic rings. The molecule has 1 aromatic heterocycles. The van der Waals surface area contributed by atoms with Crippen molar-refractivity contribution in [1.82, 2.24) is 10.3 Å². The molecule has 1 aromatic carbocycles. The maximum atomic E-state index is 12.2. The number of nitrogens with zero attached hydrogens (tertiary/aromatic N) is 1. The molecule has 0 bridgehead atoms. The number of aromatic nitrogens is 1. The van der Waals surface area contributed by atoms with E-state index in [0.717, 1.165) is 12.8 Å². The zero-order valence-electron chi connectivity index (χ0n) is 12.8. The highest BCUT2D eigenvalue weighted by atomic mass is 16.4. The Labute approximate surface area is 133 Å². The zero-order chi connectivity index (χ0) is 16.4. The number of carbonyl (C=O) groups is 2. The molecule has 1 heterocycles. The van der Waals surface area contributed by atoms with Gasteiger partial charge in [0.15, 0.2) is 5.89 Å². The molecule has 1 aliphatic carbocycles. The molecule has 1 saturated carbocycles. The highest BCUT2D eigenvalue weighted by molar-refractivity contribution is 5.92. The van der Waals surface area contributed by atoms with Gasteiger partial charge in [0.05, 0.1) is 11.6 Å². The number of hydrogen-bond donors (Lipinski definition) is 2. The van der Waals surface area contributed by atoms with E-state index in [1.165, 1.54) is 0 Å². The van der Waals surface area contributed by atoms with Crippen LogP contribution in [0, 0.1) is 6.92 Å². The van der Waals surface area contributed by atoms with Gasteiger partial charge in [0, 0.05) is 12.5 Å². The summed E-state index contributed by atoms with van der Waals surface area (Å²) in [6, 6.07) is 8.83. The molecular formula is C17H18N2O4. The van der Waals surface area contributed by atoms with Gasteiger partial charge in [-0.05, 0) is 25.3 Å². The number of aliphatic carboxylic acids is 1. The van der Waals surface area contributed by atoms with E-state index in [4.69, 9.17) is 4.42 Å². The summed E-state index contributed by atoms with van der Waals surface area (Å²) in [5, 5.41) is 12.0. The molecule has 0 spiro atoms. The minimum absolute atomic E-state index is 0.00289. The third-order valence-electron chi connectivity index (χ3n) is 3.91. The lowest BCUT2D eigenvalue weighted by Crippen LogP contribution is -2.31. The monoisotopic (exact) mass is 314 g/mol. The molecule has 2 aromatic rings. The average Bonchev–Trinajstić information content (AvgIpc) is 3.31. The van der Waals surface area contributed by atoms with Gasteiger partial charge in [0.2, 0.25) is 5.76 Å². The number of carboxylic acids is 1. The lowest BCUT2D eigenvalue weighted by Gasteiger charge is -2.13. The smallest absolute Gasteiger partial charge is 0.312 e. The number of carbonyl (C=O) groups excluding carboxylic acids is 1. The van der Waals surface area contributed by atoms with Crippen molar-refractivity contribution in [3.63, 3.8) is 0 Å². The fraction of sp³-hybridized carbons (Fsp3) is 0.353. The molecule has 1 unspecified atom stereocenters. The van der Waals surface area contributed by atoms with Crippen molar-refractivity contribution < 1.29 is 19.1 Å². The summed E-state index contributed by atoms with van der Waals surface area (Å²) in [5.74, 6) is -1.11. The van der Waals surface area contributed by atoms with Crippen LogP contribution in [-0.4, -0.2) is 28.5 Å². The molecule has 0 aliphatic heterocycles. The van der Waals surface area contributed by atoms with Crippen LogP contribution >= 0.6 is 0 Å². The Kier molecular flexibility index (Phi) is 4.14. The molecule has 120 valence electrons. The standard InChI is InChI=1S/C17H18N2O4/c1-10-14(23-16(19-10)12-7-8-12)15(20)18-9-13(17(21)22)11-5-3-2-4-6-11/h2-6,12-13H,7-9H2,1H3,(H,18,20)(H,21,22). The number of hydrogen-bond acceptors (Lipinski definition) is 4. The van der Waals surface area contributed by atoms with Crippen LogP contribution in [0.1, 0.15) is 52.4 Å². The summed E-state index contributed by atoms with van der Waals surface area (Å²) in [6.07, 6.45) is 2.08. The fourth-order valence-corrected chi connectivity index (χ4v) is 2.44. The topological polar surface area (TPSA) is 92.4 Å². The molecule has 23 heavy (non-hydrogen) atoms. The van der Waals surface area contributed by atoms with Gasteiger partial charge >= 0.3 is 5.97 Å². The Morgan fingerprint density at radius 3 is 2.65 bits per heavy atom. The number of oxazole rings is 1. The van der Waals surface area contributed by atoms with Crippen LogP contribution in [0.3, 0.4) is 0 Å². The molecule has 0 saturated heterocycles. The maximum absolute atomic E-state index is 12.2. The van der Waals surface area contributed by atoms with Gasteiger partial charge in [-0.25, -0.2) is 4.98 Å². The molecule has 2 N–H and O–H groups in total. The Morgan fingerprint density at radius 2 is 2.04 bits per heavy atom. The van der Waals surface area contributed by atoms with E-state index >= 15 is 0 Å². The van der Waals surface area contributed by atoms with Crippen LogP contribution in [0.2, 0.25) is 0 Å². The van der Waals surface area contributed by atoms with Gasteiger partial charge in [0.1, 0.15) is 0 Å². The molecule has 3 rings (SSSR count). The van der Waals surface area contributed by atoms with Gasteiger partial charge in [0.25, 0.3) is 5.91 Å². The molecule has 1 amide bonds. The van der Waals surface area contributed by atoms with Gasteiger partial charge in [-0.15, -0.1) is 0 Å². The van der Waals surface area contributed by atoms with E-state index in [1.54, 1.807) is 31.2 Å². The minimum atomic E-state index is -0.982. The van der Waals surface area contributed by atoms with E-state index < -0.39 is 17.8 Å². The summed E-state index contributed by atoms with van der Waals surface area (Å²) >= 11 is 0. The second-order valence-electron chi connectivity index (χ2n) is 5.75. The van der Waals surface area contributed by atoms with Crippen molar-refractivity contribution in [1.29, 1.82) is 0 Å². The molecule has 0 radical (unpaired) electrons. The van der Waals surface area contributed by atoms with Crippen LogP contribution < -0.4 is 5.32 Å². The zero-order valence-corrected chi connectivity index (χ0v) is 12.8. The van der Waals surface area contributed by atoms with Crippen LogP contribution in [-0.2, 0) is 4.79 Å². The fourth-order valence-electron chi connectivity index (χ4n) is 2.44. The van der Waals surface area contributed by atoms with Crippen molar-refractivity contribution in [2.75, 3.05) is 6.54 Å². The van der Waals surface area contributed by atoms with Crippen molar-refractivity contribution in [3.8, 4) is 0 Å². The number of benzene rings is 1. The number of rotatable bonds is 6. The van der Waals surface area contributed by atoms with E-state index in [0.29, 0.717) is 23.1 Å². The van der Waals surface area contributed by atoms with Crippen molar-refractivity contribution >= 4 is 11.9 Å². The Balaban J connectivity index is 1.68. The van der Waals surface area contributed by atoms with Crippen molar-refractivity contribution in [3.05, 3.63) is 53.2 Å². The Bertz CT molecular complexity index is 719. The van der Waals surface area contributed by atoms with Gasteiger partial charge in [-0.3, -0.25) is 9.59 Å². The van der Waals surface area contributed by atoms with Crippen molar-refractivity contribution in [2.24, 2.45) is 0 Å². The second kappa shape index (κ2) is 6.24. The number of amides is 1. The Hall–Kier alpha value is -2.63. The van der Waals surface area contributed by atoms with Crippen LogP contribution in [0.4, 0.5) is 0 Å². The average molecular weight is 314 g/mol. The van der Waals surface area contributed by atoms with Gasteiger partial charge in [-0.2, -0.15) is 0 Å². The van der Waals surface area contributed by atoms with Gasteiger partial charge < -0.3 is 14.8 Å². The number of nitrogens with one attached hydrogen (secondary N) is 1. The number of carboxylic acid groups (broad SMARTS) is 1. The predicted octanol–water partition coefficient (Wildman–Crippen LogP) is 2.46. The van der Waals surface area contributed by atoms with E-state index in [1.807, 2.05) is 6.07 Å². The first kappa shape index (κ1) is 15.3. The van der Waals surface area contributed by atoms with Crippen LogP contribution in [0.5, 0.6) is 0 Å². The molecule has 6 heteroatoms.